The van der Waals surface area contributed by atoms with Crippen LogP contribution >= 0.6 is 0 Å². The maximum atomic E-state index is 12.3. The van der Waals surface area contributed by atoms with Gasteiger partial charge in [-0.3, -0.25) is 4.79 Å². The summed E-state index contributed by atoms with van der Waals surface area (Å²) in [6.45, 7) is 0. The van der Waals surface area contributed by atoms with Crippen LogP contribution in [0, 0.1) is 0 Å². The normalized spacial score (nSPS) is 10.6. The summed E-state index contributed by atoms with van der Waals surface area (Å²) < 4.78 is 15.5. The molecule has 136 valence electrons. The zero-order valence-electron chi connectivity index (χ0n) is 14.4. The molecule has 0 atom stereocenters. The lowest BCUT2D eigenvalue weighted by Crippen LogP contribution is -2.17. The van der Waals surface area contributed by atoms with Crippen molar-refractivity contribution in [3.63, 3.8) is 0 Å². The second kappa shape index (κ2) is 8.48. The number of nitrogens with one attached hydrogen (secondary N) is 1. The number of methoxy groups -OCH3 is 1. The quantitative estimate of drug-likeness (QED) is 0.314. The van der Waals surface area contributed by atoms with E-state index in [9.17, 15) is 9.59 Å². The maximum Gasteiger partial charge on any atom is 0.343 e. The first-order valence-electron chi connectivity index (χ1n) is 7.99. The highest BCUT2D eigenvalue weighted by Gasteiger charge is 2.11. The molecule has 3 aromatic rings. The van der Waals surface area contributed by atoms with E-state index in [2.05, 4.69) is 10.5 Å². The van der Waals surface area contributed by atoms with E-state index < -0.39 is 11.9 Å². The molecule has 1 aromatic heterocycles. The molecule has 7 nitrogen and oxygen atoms in total. The summed E-state index contributed by atoms with van der Waals surface area (Å²) in [6, 6.07) is 16.5. The smallest absolute Gasteiger partial charge is 0.343 e. The largest absolute Gasteiger partial charge is 0.497 e. The molecule has 7 heteroatoms. The molecule has 1 amide bonds. The van der Waals surface area contributed by atoms with Crippen LogP contribution in [-0.2, 0) is 0 Å². The van der Waals surface area contributed by atoms with Crippen LogP contribution in [0.4, 0.5) is 0 Å². The first-order chi connectivity index (χ1) is 13.2. The summed E-state index contributed by atoms with van der Waals surface area (Å²) in [7, 11) is 1.55. The Balaban J connectivity index is 1.68. The highest BCUT2D eigenvalue weighted by molar-refractivity contribution is 5.94. The lowest BCUT2D eigenvalue weighted by Gasteiger charge is -2.07. The highest BCUT2D eigenvalue weighted by Crippen LogP contribution is 2.19. The molecule has 0 fully saturated rings. The molecule has 27 heavy (non-hydrogen) atoms. The second-order valence-corrected chi connectivity index (χ2v) is 5.33. The zero-order chi connectivity index (χ0) is 19.1. The summed E-state index contributed by atoms with van der Waals surface area (Å²) >= 11 is 0. The number of hydrogen-bond donors (Lipinski definition) is 1. The Kier molecular flexibility index (Phi) is 5.64. The van der Waals surface area contributed by atoms with Crippen molar-refractivity contribution in [1.29, 1.82) is 0 Å². The molecule has 0 aliphatic rings. The predicted molar refractivity (Wildman–Crippen MR) is 98.2 cm³/mol. The molecule has 0 saturated heterocycles. The van der Waals surface area contributed by atoms with Crippen molar-refractivity contribution in [3.8, 4) is 11.5 Å². The fraction of sp³-hybridized carbons (Fsp3) is 0.0500. The summed E-state index contributed by atoms with van der Waals surface area (Å²) in [5, 5.41) is 3.87. The van der Waals surface area contributed by atoms with Gasteiger partial charge in [0.2, 0.25) is 0 Å². The van der Waals surface area contributed by atoms with Gasteiger partial charge >= 0.3 is 11.9 Å². The molecule has 0 aliphatic carbocycles. The number of carbonyl (C=O) groups excluding carboxylic acids is 2. The van der Waals surface area contributed by atoms with E-state index in [1.54, 1.807) is 61.7 Å². The molecule has 1 heterocycles. The van der Waals surface area contributed by atoms with Crippen molar-refractivity contribution in [2.45, 2.75) is 0 Å². The topological polar surface area (TPSA) is 90.1 Å². The van der Waals surface area contributed by atoms with Gasteiger partial charge < -0.3 is 13.9 Å². The van der Waals surface area contributed by atoms with Crippen LogP contribution in [0.25, 0.3) is 0 Å². The number of carbonyl (C=O) groups is 2. The summed E-state index contributed by atoms with van der Waals surface area (Å²) in [5.41, 5.74) is 3.25. The number of rotatable bonds is 6. The summed E-state index contributed by atoms with van der Waals surface area (Å²) in [4.78, 5) is 24.1. The molecular weight excluding hydrogens is 348 g/mol. The Morgan fingerprint density at radius 3 is 2.52 bits per heavy atom. The lowest BCUT2D eigenvalue weighted by molar-refractivity contribution is 0.0734. The van der Waals surface area contributed by atoms with E-state index in [0.29, 0.717) is 22.6 Å². The van der Waals surface area contributed by atoms with Gasteiger partial charge in [0, 0.05) is 5.56 Å². The molecule has 2 aromatic carbocycles. The monoisotopic (exact) mass is 364 g/mol. The standard InChI is InChI=1S/C20H16N2O5/c1-25-16-10-8-14(9-11-16)20(24)27-17-6-3-2-5-15(17)13-21-22-19(23)18-7-4-12-26-18/h2-13H,1H3,(H,22,23)/b21-13+. The van der Waals surface area contributed by atoms with Gasteiger partial charge in [-0.25, -0.2) is 10.2 Å². The number of amides is 1. The van der Waals surface area contributed by atoms with E-state index in [1.165, 1.54) is 18.5 Å². The van der Waals surface area contributed by atoms with Gasteiger partial charge in [-0.15, -0.1) is 0 Å². The number of furan rings is 1. The third-order valence-corrected chi connectivity index (χ3v) is 3.56. The van der Waals surface area contributed by atoms with Crippen LogP contribution in [0.1, 0.15) is 26.5 Å². The predicted octanol–water partition coefficient (Wildman–Crippen LogP) is 3.27. The number of nitrogens with zero attached hydrogens (tertiary/aromatic N) is 1. The van der Waals surface area contributed by atoms with Crippen molar-refractivity contribution in [3.05, 3.63) is 83.8 Å². The molecule has 0 saturated carbocycles. The van der Waals surface area contributed by atoms with Crippen molar-refractivity contribution in [2.24, 2.45) is 5.10 Å². The molecule has 0 spiro atoms. The molecule has 0 unspecified atom stereocenters. The fourth-order valence-electron chi connectivity index (χ4n) is 2.19. The molecule has 0 radical (unpaired) electrons. The van der Waals surface area contributed by atoms with Gasteiger partial charge in [-0.2, -0.15) is 5.10 Å². The second-order valence-electron chi connectivity index (χ2n) is 5.33. The van der Waals surface area contributed by atoms with Crippen molar-refractivity contribution in [1.82, 2.24) is 5.43 Å². The third kappa shape index (κ3) is 4.60. The Hall–Kier alpha value is -3.87. The van der Waals surface area contributed by atoms with E-state index in [-0.39, 0.29) is 5.76 Å². The Morgan fingerprint density at radius 2 is 1.81 bits per heavy atom. The number of hydrazone groups is 1. The first kappa shape index (κ1) is 17.9. The number of para-hydroxylation sites is 1. The SMILES string of the molecule is COc1ccc(C(=O)Oc2ccccc2/C=N/NC(=O)c2ccco2)cc1. The van der Waals surface area contributed by atoms with Crippen LogP contribution < -0.4 is 14.9 Å². The number of esters is 1. The summed E-state index contributed by atoms with van der Waals surface area (Å²) in [6.07, 6.45) is 2.78. The summed E-state index contributed by atoms with van der Waals surface area (Å²) in [5.74, 6) is 0.106. The van der Waals surface area contributed by atoms with E-state index in [0.717, 1.165) is 0 Å². The van der Waals surface area contributed by atoms with Crippen molar-refractivity contribution >= 4 is 18.1 Å². The van der Waals surface area contributed by atoms with Crippen LogP contribution in [0.15, 0.2) is 76.4 Å². The Bertz CT molecular complexity index is 947. The highest BCUT2D eigenvalue weighted by atomic mass is 16.5. The van der Waals surface area contributed by atoms with Gasteiger partial charge in [0.1, 0.15) is 11.5 Å². The van der Waals surface area contributed by atoms with E-state index in [1.807, 2.05) is 0 Å². The zero-order valence-corrected chi connectivity index (χ0v) is 14.4. The van der Waals surface area contributed by atoms with E-state index >= 15 is 0 Å². The number of benzene rings is 2. The van der Waals surface area contributed by atoms with Gasteiger partial charge in [-0.1, -0.05) is 12.1 Å². The van der Waals surface area contributed by atoms with Crippen LogP contribution in [0.3, 0.4) is 0 Å². The minimum atomic E-state index is -0.516. The van der Waals surface area contributed by atoms with Crippen LogP contribution in [-0.4, -0.2) is 25.2 Å². The minimum absolute atomic E-state index is 0.145. The van der Waals surface area contributed by atoms with Gasteiger partial charge in [0.05, 0.1) is 25.2 Å². The van der Waals surface area contributed by atoms with E-state index in [4.69, 9.17) is 13.9 Å². The van der Waals surface area contributed by atoms with Gasteiger partial charge in [0.15, 0.2) is 5.76 Å². The average Bonchev–Trinajstić information content (AvgIpc) is 3.24. The van der Waals surface area contributed by atoms with Gasteiger partial charge in [0.25, 0.3) is 0 Å². The third-order valence-electron chi connectivity index (χ3n) is 3.56. The van der Waals surface area contributed by atoms with Crippen LogP contribution in [0.2, 0.25) is 0 Å². The Labute approximate surface area is 155 Å². The first-order valence-corrected chi connectivity index (χ1v) is 7.99. The lowest BCUT2D eigenvalue weighted by atomic mass is 10.2. The fourth-order valence-corrected chi connectivity index (χ4v) is 2.19. The van der Waals surface area contributed by atoms with Crippen molar-refractivity contribution < 1.29 is 23.5 Å². The maximum absolute atomic E-state index is 12.3. The molecule has 1 N–H and O–H groups in total. The van der Waals surface area contributed by atoms with Crippen molar-refractivity contribution in [2.75, 3.05) is 7.11 Å². The number of ether oxygens (including phenoxy) is 2. The molecular formula is C20H16N2O5. The Morgan fingerprint density at radius 1 is 1.04 bits per heavy atom. The minimum Gasteiger partial charge on any atom is -0.497 e. The number of hydrogen-bond acceptors (Lipinski definition) is 6. The average molecular weight is 364 g/mol. The molecule has 0 aliphatic heterocycles. The van der Waals surface area contributed by atoms with Crippen LogP contribution in [0.5, 0.6) is 11.5 Å². The van der Waals surface area contributed by atoms with Gasteiger partial charge in [-0.05, 0) is 48.5 Å². The molecule has 0 bridgehead atoms. The molecule has 3 rings (SSSR count).